The molecule has 1 aromatic rings. The summed E-state index contributed by atoms with van der Waals surface area (Å²) in [5, 5.41) is 8.58. The zero-order valence-corrected chi connectivity index (χ0v) is 6.02. The lowest BCUT2D eigenvalue weighted by Gasteiger charge is -1.96. The summed E-state index contributed by atoms with van der Waals surface area (Å²) >= 11 is 0. The van der Waals surface area contributed by atoms with Crippen molar-refractivity contribution in [2.75, 3.05) is 6.61 Å². The predicted molar refractivity (Wildman–Crippen MR) is 39.6 cm³/mol. The van der Waals surface area contributed by atoms with Crippen LogP contribution < -0.4 is 0 Å². The van der Waals surface area contributed by atoms with E-state index in [4.69, 9.17) is 5.11 Å². The first kappa shape index (κ1) is 7.29. The Morgan fingerprint density at radius 3 is 2.90 bits per heavy atom. The van der Waals surface area contributed by atoms with Crippen molar-refractivity contribution in [1.82, 2.24) is 0 Å². The Labute approximate surface area is 61.3 Å². The second kappa shape index (κ2) is 3.37. The van der Waals surface area contributed by atoms with Gasteiger partial charge in [-0.15, -0.1) is 0 Å². The molecule has 1 heteroatoms. The van der Waals surface area contributed by atoms with Crippen LogP contribution >= 0.6 is 0 Å². The average Bonchev–Trinajstić information content (AvgIpc) is 1.88. The molecular weight excluding hydrogens is 124 g/mol. The van der Waals surface area contributed by atoms with Crippen LogP contribution in [0.4, 0.5) is 0 Å². The van der Waals surface area contributed by atoms with Crippen LogP contribution in [0.2, 0.25) is 0 Å². The van der Waals surface area contributed by atoms with E-state index in [-0.39, 0.29) is 6.61 Å². The molecule has 1 rings (SSSR count). The Hall–Kier alpha value is -0.820. The molecule has 0 aromatic heterocycles. The van der Waals surface area contributed by atoms with Gasteiger partial charge in [-0.1, -0.05) is 12.1 Å². The van der Waals surface area contributed by atoms with Gasteiger partial charge in [0.15, 0.2) is 0 Å². The van der Waals surface area contributed by atoms with Crippen molar-refractivity contribution in [3.63, 3.8) is 0 Å². The van der Waals surface area contributed by atoms with Crippen LogP contribution in [0.3, 0.4) is 0 Å². The topological polar surface area (TPSA) is 20.2 Å². The molecule has 0 saturated carbocycles. The summed E-state index contributed by atoms with van der Waals surface area (Å²) in [6.07, 6.45) is 0.679. The van der Waals surface area contributed by atoms with Gasteiger partial charge in [0.1, 0.15) is 0 Å². The smallest absolute Gasteiger partial charge is 0.0471 e. The molecule has 1 nitrogen and oxygen atoms in total. The van der Waals surface area contributed by atoms with Crippen LogP contribution in [0.5, 0.6) is 0 Å². The summed E-state index contributed by atoms with van der Waals surface area (Å²) in [5.41, 5.74) is 2.11. The number of aliphatic hydroxyl groups excluding tert-OH is 1. The van der Waals surface area contributed by atoms with E-state index in [1.54, 1.807) is 0 Å². The van der Waals surface area contributed by atoms with Crippen LogP contribution in [-0.2, 0) is 6.42 Å². The second-order valence-corrected chi connectivity index (χ2v) is 2.26. The molecule has 0 saturated heterocycles. The Kier molecular flexibility index (Phi) is 2.46. The monoisotopic (exact) mass is 134 g/mol. The summed E-state index contributed by atoms with van der Waals surface area (Å²) in [4.78, 5) is 0. The largest absolute Gasteiger partial charge is 0.396 e. The molecule has 2 radical (unpaired) electrons. The molecule has 0 unspecified atom stereocenters. The van der Waals surface area contributed by atoms with Crippen LogP contribution in [0.25, 0.3) is 0 Å². The van der Waals surface area contributed by atoms with Gasteiger partial charge in [-0.3, -0.25) is 0 Å². The van der Waals surface area contributed by atoms with E-state index in [1.165, 1.54) is 0 Å². The lowest BCUT2D eigenvalue weighted by atomic mass is 10.1. The first-order chi connectivity index (χ1) is 4.83. The van der Waals surface area contributed by atoms with Crippen LogP contribution in [0.15, 0.2) is 12.1 Å². The Bertz CT molecular complexity index is 206. The zero-order valence-electron chi connectivity index (χ0n) is 6.02. The first-order valence-corrected chi connectivity index (χ1v) is 3.32. The minimum atomic E-state index is 0.188. The SMILES string of the molecule is Cc1[c]c(CCO)c[c]c1. The lowest BCUT2D eigenvalue weighted by Crippen LogP contribution is -1.90. The van der Waals surface area contributed by atoms with Gasteiger partial charge in [-0.05, 0) is 36.6 Å². The van der Waals surface area contributed by atoms with Crippen molar-refractivity contribution in [2.45, 2.75) is 13.3 Å². The van der Waals surface area contributed by atoms with Crippen LogP contribution in [-0.4, -0.2) is 11.7 Å². The average molecular weight is 134 g/mol. The number of benzene rings is 1. The van der Waals surface area contributed by atoms with E-state index in [1.807, 2.05) is 19.1 Å². The highest BCUT2D eigenvalue weighted by Gasteiger charge is 1.90. The summed E-state index contributed by atoms with van der Waals surface area (Å²) in [7, 11) is 0. The molecule has 0 aliphatic rings. The number of hydrogen-bond acceptors (Lipinski definition) is 1. The standard InChI is InChI=1S/C9H10O/c1-8-3-2-4-9(7-8)5-6-10/h3-4,10H,5-6H2,1H3. The molecule has 0 aliphatic heterocycles. The summed E-state index contributed by atoms with van der Waals surface area (Å²) < 4.78 is 0. The minimum absolute atomic E-state index is 0.188. The highest BCUT2D eigenvalue weighted by molar-refractivity contribution is 5.19. The van der Waals surface area contributed by atoms with Gasteiger partial charge in [0.2, 0.25) is 0 Å². The lowest BCUT2D eigenvalue weighted by molar-refractivity contribution is 0.299. The fourth-order valence-corrected chi connectivity index (χ4v) is 0.848. The molecule has 0 fully saturated rings. The van der Waals surface area contributed by atoms with Crippen molar-refractivity contribution >= 4 is 0 Å². The fourth-order valence-electron chi connectivity index (χ4n) is 0.848. The maximum atomic E-state index is 8.58. The maximum absolute atomic E-state index is 8.58. The summed E-state index contributed by atoms with van der Waals surface area (Å²) in [6, 6.07) is 9.81. The Morgan fingerprint density at radius 1 is 1.50 bits per heavy atom. The van der Waals surface area contributed by atoms with E-state index >= 15 is 0 Å². The van der Waals surface area contributed by atoms with Gasteiger partial charge >= 0.3 is 0 Å². The van der Waals surface area contributed by atoms with Gasteiger partial charge in [0.25, 0.3) is 0 Å². The minimum Gasteiger partial charge on any atom is -0.396 e. The highest BCUT2D eigenvalue weighted by Crippen LogP contribution is 2.01. The Balaban J connectivity index is 2.75. The molecule has 52 valence electrons. The van der Waals surface area contributed by atoms with Gasteiger partial charge < -0.3 is 5.11 Å². The molecule has 0 atom stereocenters. The van der Waals surface area contributed by atoms with Crippen molar-refractivity contribution in [3.05, 3.63) is 35.4 Å². The quantitative estimate of drug-likeness (QED) is 0.642. The fraction of sp³-hybridized carbons (Fsp3) is 0.333. The molecular formula is C9H10O. The number of hydrogen-bond donors (Lipinski definition) is 1. The molecule has 0 amide bonds. The maximum Gasteiger partial charge on any atom is 0.0471 e. The van der Waals surface area contributed by atoms with Crippen LogP contribution in [0.1, 0.15) is 11.1 Å². The van der Waals surface area contributed by atoms with Crippen LogP contribution in [0, 0.1) is 19.1 Å². The summed E-state index contributed by atoms with van der Waals surface area (Å²) in [5.74, 6) is 0. The zero-order chi connectivity index (χ0) is 7.40. The molecule has 1 N–H and O–H groups in total. The van der Waals surface area contributed by atoms with Gasteiger partial charge in [-0.25, -0.2) is 0 Å². The van der Waals surface area contributed by atoms with E-state index in [2.05, 4.69) is 12.1 Å². The molecule has 0 heterocycles. The van der Waals surface area contributed by atoms with Gasteiger partial charge in [0, 0.05) is 6.61 Å². The van der Waals surface area contributed by atoms with Crippen molar-refractivity contribution in [3.8, 4) is 0 Å². The highest BCUT2D eigenvalue weighted by atomic mass is 16.2. The van der Waals surface area contributed by atoms with E-state index < -0.39 is 0 Å². The van der Waals surface area contributed by atoms with Crippen molar-refractivity contribution in [1.29, 1.82) is 0 Å². The van der Waals surface area contributed by atoms with Gasteiger partial charge in [0.05, 0.1) is 0 Å². The third kappa shape index (κ3) is 1.85. The number of rotatable bonds is 2. The molecule has 1 aromatic carbocycles. The number of aliphatic hydroxyl groups is 1. The first-order valence-electron chi connectivity index (χ1n) is 3.32. The molecule has 0 spiro atoms. The van der Waals surface area contributed by atoms with Gasteiger partial charge in [-0.2, -0.15) is 0 Å². The second-order valence-electron chi connectivity index (χ2n) is 2.26. The molecule has 0 bridgehead atoms. The molecule has 10 heavy (non-hydrogen) atoms. The van der Waals surface area contributed by atoms with E-state index in [0.717, 1.165) is 11.1 Å². The molecule has 0 aliphatic carbocycles. The van der Waals surface area contributed by atoms with Crippen molar-refractivity contribution in [2.24, 2.45) is 0 Å². The number of aryl methyl sites for hydroxylation is 1. The third-order valence-corrected chi connectivity index (χ3v) is 1.30. The Morgan fingerprint density at radius 2 is 2.30 bits per heavy atom. The van der Waals surface area contributed by atoms with E-state index in [0.29, 0.717) is 6.42 Å². The normalized spacial score (nSPS) is 9.80. The van der Waals surface area contributed by atoms with Crippen molar-refractivity contribution < 1.29 is 5.11 Å². The summed E-state index contributed by atoms with van der Waals surface area (Å²) in [6.45, 7) is 2.16. The predicted octanol–water partition coefficient (Wildman–Crippen LogP) is 1.13. The van der Waals surface area contributed by atoms with E-state index in [9.17, 15) is 0 Å². The third-order valence-electron chi connectivity index (χ3n) is 1.30.